The molecule has 4 nitrogen and oxygen atoms in total. The summed E-state index contributed by atoms with van der Waals surface area (Å²) in [4.78, 5) is 12.0. The Labute approximate surface area is 145 Å². The summed E-state index contributed by atoms with van der Waals surface area (Å²) < 4.78 is 14.9. The number of hydrazone groups is 1. The minimum absolute atomic E-state index is 0.338. The number of para-hydroxylation sites is 1. The largest absolute Gasteiger partial charge is 0.333 e. The molecule has 5 heteroatoms. The Bertz CT molecular complexity index is 994. The Hall–Kier alpha value is -3.39. The van der Waals surface area contributed by atoms with E-state index in [0.29, 0.717) is 12.1 Å². The monoisotopic (exact) mass is 333 g/mol. The summed E-state index contributed by atoms with van der Waals surface area (Å²) in [6.45, 7) is 2.42. The molecule has 1 amide bonds. The van der Waals surface area contributed by atoms with E-state index in [1.807, 2.05) is 35.8 Å². The molecule has 2 aromatic carbocycles. The van der Waals surface area contributed by atoms with E-state index in [4.69, 9.17) is 6.42 Å². The number of terminal acetylenes is 1. The number of fused-ring (bicyclic) bond motifs is 1. The van der Waals surface area contributed by atoms with Gasteiger partial charge in [0.2, 0.25) is 0 Å². The van der Waals surface area contributed by atoms with Crippen molar-refractivity contribution in [2.24, 2.45) is 5.10 Å². The molecule has 0 unspecified atom stereocenters. The van der Waals surface area contributed by atoms with Crippen molar-refractivity contribution in [1.29, 1.82) is 0 Å². The average Bonchev–Trinajstić information content (AvgIpc) is 2.88. The third-order valence-electron chi connectivity index (χ3n) is 4.00. The molecule has 3 aromatic rings. The van der Waals surface area contributed by atoms with E-state index in [0.717, 1.165) is 22.2 Å². The van der Waals surface area contributed by atoms with Crippen LogP contribution in [0.4, 0.5) is 4.39 Å². The number of carbonyl (C=O) groups is 1. The lowest BCUT2D eigenvalue weighted by Crippen LogP contribution is -2.17. The summed E-state index contributed by atoms with van der Waals surface area (Å²) in [5.41, 5.74) is 5.68. The predicted octanol–water partition coefficient (Wildman–Crippen LogP) is 3.49. The quantitative estimate of drug-likeness (QED) is 0.443. The molecule has 0 spiro atoms. The molecule has 1 N–H and O–H groups in total. The van der Waals surface area contributed by atoms with Crippen LogP contribution < -0.4 is 5.43 Å². The number of aromatic nitrogens is 1. The number of hydrogen-bond acceptors (Lipinski definition) is 2. The minimum Gasteiger partial charge on any atom is -0.333 e. The van der Waals surface area contributed by atoms with E-state index in [9.17, 15) is 9.18 Å². The van der Waals surface area contributed by atoms with Crippen LogP contribution in [0.1, 0.15) is 21.6 Å². The zero-order valence-corrected chi connectivity index (χ0v) is 13.7. The maximum absolute atomic E-state index is 12.9. The van der Waals surface area contributed by atoms with Crippen LogP contribution in [0, 0.1) is 25.1 Å². The van der Waals surface area contributed by atoms with Crippen LogP contribution in [-0.2, 0) is 6.54 Å². The van der Waals surface area contributed by atoms with Crippen molar-refractivity contribution in [3.63, 3.8) is 0 Å². The molecule has 0 aliphatic rings. The summed E-state index contributed by atoms with van der Waals surface area (Å²) in [5.74, 6) is 1.86. The van der Waals surface area contributed by atoms with Gasteiger partial charge in [0.1, 0.15) is 5.82 Å². The predicted molar refractivity (Wildman–Crippen MR) is 97.0 cm³/mol. The molecule has 0 radical (unpaired) electrons. The van der Waals surface area contributed by atoms with Crippen LogP contribution in [0.3, 0.4) is 0 Å². The molecular formula is C20H16FN3O. The highest BCUT2D eigenvalue weighted by Crippen LogP contribution is 2.24. The number of hydrogen-bond donors (Lipinski definition) is 1. The molecule has 3 rings (SSSR count). The Morgan fingerprint density at radius 3 is 2.72 bits per heavy atom. The van der Waals surface area contributed by atoms with E-state index in [1.165, 1.54) is 24.3 Å². The van der Waals surface area contributed by atoms with Gasteiger partial charge < -0.3 is 4.57 Å². The van der Waals surface area contributed by atoms with Gasteiger partial charge in [-0.25, -0.2) is 9.82 Å². The zero-order valence-electron chi connectivity index (χ0n) is 13.7. The first kappa shape index (κ1) is 16.5. The first-order chi connectivity index (χ1) is 12.1. The molecule has 0 aliphatic heterocycles. The van der Waals surface area contributed by atoms with Gasteiger partial charge in [0, 0.05) is 27.7 Å². The lowest BCUT2D eigenvalue weighted by atomic mass is 10.1. The standard InChI is InChI=1S/C20H16FN3O/c1-3-12-24-14(2)18(17-6-4-5-7-19(17)24)13-22-23-20(25)15-8-10-16(21)11-9-15/h1,4-11,13H,12H2,2H3,(H,23,25)/b22-13-. The molecule has 124 valence electrons. The summed E-state index contributed by atoms with van der Waals surface area (Å²) >= 11 is 0. The van der Waals surface area contributed by atoms with Gasteiger partial charge in [0.15, 0.2) is 0 Å². The van der Waals surface area contributed by atoms with Gasteiger partial charge in [-0.05, 0) is 37.3 Å². The molecule has 1 heterocycles. The van der Waals surface area contributed by atoms with Gasteiger partial charge in [0.25, 0.3) is 5.91 Å². The number of rotatable bonds is 4. The molecule has 0 fully saturated rings. The molecule has 0 atom stereocenters. The minimum atomic E-state index is -0.402. The number of nitrogens with zero attached hydrogens (tertiary/aromatic N) is 2. The van der Waals surface area contributed by atoms with E-state index < -0.39 is 11.7 Å². The lowest BCUT2D eigenvalue weighted by molar-refractivity contribution is 0.0955. The van der Waals surface area contributed by atoms with Crippen LogP contribution in [-0.4, -0.2) is 16.7 Å². The zero-order chi connectivity index (χ0) is 17.8. The Morgan fingerprint density at radius 1 is 1.28 bits per heavy atom. The molecule has 0 saturated heterocycles. The fourth-order valence-electron chi connectivity index (χ4n) is 2.74. The van der Waals surface area contributed by atoms with Gasteiger partial charge in [-0.2, -0.15) is 5.10 Å². The van der Waals surface area contributed by atoms with Gasteiger partial charge in [-0.15, -0.1) is 6.42 Å². The molecule has 0 saturated carbocycles. The van der Waals surface area contributed by atoms with E-state index in [-0.39, 0.29) is 0 Å². The topological polar surface area (TPSA) is 46.4 Å². The van der Waals surface area contributed by atoms with E-state index in [2.05, 4.69) is 16.4 Å². The number of halogens is 1. The number of amides is 1. The smallest absolute Gasteiger partial charge is 0.271 e. The molecule has 1 aromatic heterocycles. The highest BCUT2D eigenvalue weighted by atomic mass is 19.1. The first-order valence-electron chi connectivity index (χ1n) is 7.72. The first-order valence-corrected chi connectivity index (χ1v) is 7.72. The Morgan fingerprint density at radius 2 is 2.00 bits per heavy atom. The van der Waals surface area contributed by atoms with Gasteiger partial charge in [-0.1, -0.05) is 24.1 Å². The van der Waals surface area contributed by atoms with Crippen LogP contribution in [0.15, 0.2) is 53.6 Å². The molecular weight excluding hydrogens is 317 g/mol. The SMILES string of the molecule is C#CCn1c(C)c(/C=N\NC(=O)c2ccc(F)cc2)c2ccccc21. The molecule has 0 aliphatic carbocycles. The fraction of sp³-hybridized carbons (Fsp3) is 0.100. The highest BCUT2D eigenvalue weighted by Gasteiger charge is 2.11. The van der Waals surface area contributed by atoms with Crippen molar-refractivity contribution in [1.82, 2.24) is 9.99 Å². The van der Waals surface area contributed by atoms with Crippen molar-refractivity contribution in [2.45, 2.75) is 13.5 Å². The van der Waals surface area contributed by atoms with Crippen LogP contribution in [0.25, 0.3) is 10.9 Å². The lowest BCUT2D eigenvalue weighted by Gasteiger charge is -2.02. The normalized spacial score (nSPS) is 10.9. The van der Waals surface area contributed by atoms with Gasteiger partial charge >= 0.3 is 0 Å². The van der Waals surface area contributed by atoms with Crippen LogP contribution in [0.5, 0.6) is 0 Å². The molecule has 0 bridgehead atoms. The summed E-state index contributed by atoms with van der Waals surface area (Å²) in [5, 5.41) is 5.05. The van der Waals surface area contributed by atoms with Crippen LogP contribution >= 0.6 is 0 Å². The van der Waals surface area contributed by atoms with Gasteiger partial charge in [-0.3, -0.25) is 4.79 Å². The fourth-order valence-corrected chi connectivity index (χ4v) is 2.74. The van der Waals surface area contributed by atoms with Crippen molar-refractivity contribution < 1.29 is 9.18 Å². The number of carbonyl (C=O) groups excluding carboxylic acids is 1. The second-order valence-corrected chi connectivity index (χ2v) is 5.51. The van der Waals surface area contributed by atoms with Crippen LogP contribution in [0.2, 0.25) is 0 Å². The van der Waals surface area contributed by atoms with Gasteiger partial charge in [0.05, 0.1) is 12.8 Å². The summed E-state index contributed by atoms with van der Waals surface area (Å²) in [7, 11) is 0. The second-order valence-electron chi connectivity index (χ2n) is 5.51. The van der Waals surface area contributed by atoms with E-state index >= 15 is 0 Å². The van der Waals surface area contributed by atoms with Crippen molar-refractivity contribution in [3.05, 3.63) is 71.2 Å². The second kappa shape index (κ2) is 7.02. The summed E-state index contributed by atoms with van der Waals surface area (Å²) in [6.07, 6.45) is 7.06. The van der Waals surface area contributed by atoms with E-state index in [1.54, 1.807) is 6.21 Å². The number of benzene rings is 2. The van der Waals surface area contributed by atoms with Crippen molar-refractivity contribution >= 4 is 23.0 Å². The number of nitrogens with one attached hydrogen (secondary N) is 1. The van der Waals surface area contributed by atoms with Crippen molar-refractivity contribution in [2.75, 3.05) is 0 Å². The Balaban J connectivity index is 1.86. The molecule has 25 heavy (non-hydrogen) atoms. The average molecular weight is 333 g/mol. The third-order valence-corrected chi connectivity index (χ3v) is 4.00. The summed E-state index contributed by atoms with van der Waals surface area (Å²) in [6, 6.07) is 13.1. The Kier molecular flexibility index (Phi) is 4.62. The third kappa shape index (κ3) is 3.29. The highest BCUT2D eigenvalue weighted by molar-refractivity contribution is 6.02. The maximum Gasteiger partial charge on any atom is 0.271 e. The maximum atomic E-state index is 12.9. The van der Waals surface area contributed by atoms with Crippen molar-refractivity contribution in [3.8, 4) is 12.3 Å².